The monoisotopic (exact) mass is 309 g/mol. The first-order valence-electron chi connectivity index (χ1n) is 4.05. The van der Waals surface area contributed by atoms with Crippen molar-refractivity contribution in [2.75, 3.05) is 11.4 Å². The van der Waals surface area contributed by atoms with Crippen LogP contribution in [-0.2, 0) is 6.42 Å². The van der Waals surface area contributed by atoms with E-state index in [9.17, 15) is 13.6 Å². The fourth-order valence-corrected chi connectivity index (χ4v) is 2.10. The number of rotatable bonds is 0. The van der Waals surface area contributed by atoms with E-state index >= 15 is 0 Å². The van der Waals surface area contributed by atoms with Gasteiger partial charge in [-0.15, -0.1) is 0 Å². The van der Waals surface area contributed by atoms with Crippen molar-refractivity contribution in [1.82, 2.24) is 0 Å². The fraction of sp³-hybridized carbons (Fsp3) is 0.222. The van der Waals surface area contributed by atoms with Crippen LogP contribution in [0.3, 0.4) is 0 Å². The molecule has 14 heavy (non-hydrogen) atoms. The maximum absolute atomic E-state index is 13.2. The number of nitrogens with zero attached hydrogens (tertiary/aromatic N) is 1. The van der Waals surface area contributed by atoms with E-state index in [1.54, 1.807) is 22.6 Å². The van der Waals surface area contributed by atoms with Crippen LogP contribution in [0.1, 0.15) is 5.56 Å². The van der Waals surface area contributed by atoms with Gasteiger partial charge in [0, 0.05) is 34.7 Å². The molecule has 0 saturated heterocycles. The van der Waals surface area contributed by atoms with Gasteiger partial charge < -0.3 is 4.90 Å². The van der Waals surface area contributed by atoms with Gasteiger partial charge in [-0.2, -0.15) is 0 Å². The number of halogens is 3. The quantitative estimate of drug-likeness (QED) is 0.410. The Balaban J connectivity index is 2.53. The summed E-state index contributed by atoms with van der Waals surface area (Å²) in [6.45, 7) is 0.428. The first-order valence-corrected chi connectivity index (χ1v) is 5.13. The van der Waals surface area contributed by atoms with Gasteiger partial charge >= 0.3 is 0 Å². The highest BCUT2D eigenvalue weighted by molar-refractivity contribution is 14.1. The number of fused-ring (bicyclic) bond motifs is 1. The van der Waals surface area contributed by atoms with Gasteiger partial charge in [0.05, 0.1) is 5.69 Å². The van der Waals surface area contributed by atoms with E-state index in [1.165, 1.54) is 11.0 Å². The second-order valence-electron chi connectivity index (χ2n) is 3.01. The number of amides is 1. The Labute approximate surface area is 93.0 Å². The number of hydrogen-bond donors (Lipinski definition) is 0. The lowest BCUT2D eigenvalue weighted by atomic mass is 10.1. The normalized spacial score (nSPS) is 14.4. The lowest BCUT2D eigenvalue weighted by Gasteiger charge is -2.13. The Morgan fingerprint density at radius 1 is 1.43 bits per heavy atom. The number of hydrogen-bond acceptors (Lipinski definition) is 1. The lowest BCUT2D eigenvalue weighted by Crippen LogP contribution is -2.22. The van der Waals surface area contributed by atoms with E-state index in [2.05, 4.69) is 0 Å². The molecule has 2 rings (SSSR count). The molecule has 1 aromatic rings. The summed E-state index contributed by atoms with van der Waals surface area (Å²) in [6, 6.07) is 2.49. The molecule has 0 bridgehead atoms. The molecule has 1 heterocycles. The minimum absolute atomic E-state index is 0.174. The Hall–Kier alpha value is -0.720. The van der Waals surface area contributed by atoms with Crippen LogP contribution in [0.5, 0.6) is 0 Å². The van der Waals surface area contributed by atoms with Crippen LogP contribution in [0.4, 0.5) is 19.3 Å². The molecule has 74 valence electrons. The smallest absolute Gasteiger partial charge is 0.287 e. The molecule has 1 aliphatic heterocycles. The molecule has 0 N–H and O–H groups in total. The molecule has 0 aliphatic carbocycles. The van der Waals surface area contributed by atoms with Gasteiger partial charge in [-0.25, -0.2) is 8.78 Å². The SMILES string of the molecule is O=C(I)N1CCc2c1ccc(F)c2F. The van der Waals surface area contributed by atoms with Crippen molar-refractivity contribution in [3.05, 3.63) is 29.3 Å². The van der Waals surface area contributed by atoms with Gasteiger partial charge in [-0.3, -0.25) is 4.79 Å². The molecule has 5 heteroatoms. The van der Waals surface area contributed by atoms with Gasteiger partial charge in [0.2, 0.25) is 0 Å². The topological polar surface area (TPSA) is 20.3 Å². The zero-order chi connectivity index (χ0) is 10.3. The average molecular weight is 309 g/mol. The maximum Gasteiger partial charge on any atom is 0.287 e. The second kappa shape index (κ2) is 3.45. The van der Waals surface area contributed by atoms with Gasteiger partial charge in [-0.1, -0.05) is 0 Å². The van der Waals surface area contributed by atoms with Crippen LogP contribution >= 0.6 is 22.6 Å². The van der Waals surface area contributed by atoms with Crippen LogP contribution in [0, 0.1) is 11.6 Å². The summed E-state index contributed by atoms with van der Waals surface area (Å²) >= 11 is 1.63. The standard InChI is InChI=1S/C9H6F2INO/c10-6-1-2-7-5(8(6)11)3-4-13(7)9(12)14/h1-2H,3-4H2. The van der Waals surface area contributed by atoms with Crippen molar-refractivity contribution in [1.29, 1.82) is 0 Å². The van der Waals surface area contributed by atoms with Gasteiger partial charge in [0.1, 0.15) is 0 Å². The van der Waals surface area contributed by atoms with Gasteiger partial charge in [0.15, 0.2) is 11.6 Å². The van der Waals surface area contributed by atoms with Crippen LogP contribution < -0.4 is 4.90 Å². The third-order valence-electron chi connectivity index (χ3n) is 2.26. The molecule has 1 amide bonds. The summed E-state index contributed by atoms with van der Waals surface area (Å²) in [4.78, 5) is 12.5. The van der Waals surface area contributed by atoms with Crippen LogP contribution in [0.15, 0.2) is 12.1 Å². The predicted molar refractivity (Wildman–Crippen MR) is 56.8 cm³/mol. The molecular weight excluding hydrogens is 303 g/mol. The van der Waals surface area contributed by atoms with Crippen molar-refractivity contribution >= 4 is 32.2 Å². The molecular formula is C9H6F2INO. The molecule has 0 fully saturated rings. The van der Waals surface area contributed by atoms with E-state index < -0.39 is 11.6 Å². The second-order valence-corrected chi connectivity index (χ2v) is 3.94. The zero-order valence-corrected chi connectivity index (χ0v) is 9.22. The third kappa shape index (κ3) is 1.39. The molecule has 1 aromatic carbocycles. The fourth-order valence-electron chi connectivity index (χ4n) is 1.60. The number of carbonyl (C=O) groups is 1. The first kappa shape index (κ1) is 9.82. The highest BCUT2D eigenvalue weighted by Crippen LogP contribution is 2.32. The van der Waals surface area contributed by atoms with Crippen molar-refractivity contribution < 1.29 is 13.6 Å². The Bertz CT molecular complexity index is 408. The van der Waals surface area contributed by atoms with Crippen molar-refractivity contribution in [3.63, 3.8) is 0 Å². The van der Waals surface area contributed by atoms with Crippen molar-refractivity contribution in [2.24, 2.45) is 0 Å². The van der Waals surface area contributed by atoms with Crippen LogP contribution in [0.25, 0.3) is 0 Å². The molecule has 0 unspecified atom stereocenters. The largest absolute Gasteiger partial charge is 0.303 e. The molecule has 0 radical (unpaired) electrons. The Kier molecular flexibility index (Phi) is 2.42. The zero-order valence-electron chi connectivity index (χ0n) is 7.06. The molecule has 0 aromatic heterocycles. The summed E-state index contributed by atoms with van der Waals surface area (Å²) in [5.41, 5.74) is 0.790. The summed E-state index contributed by atoms with van der Waals surface area (Å²) in [5, 5.41) is 0. The van der Waals surface area contributed by atoms with Gasteiger partial charge in [0.25, 0.3) is 3.91 Å². The number of carbonyl (C=O) groups excluding carboxylic acids is 1. The Morgan fingerprint density at radius 2 is 2.14 bits per heavy atom. The summed E-state index contributed by atoms with van der Waals surface area (Å²) in [6.07, 6.45) is 0.383. The van der Waals surface area contributed by atoms with Gasteiger partial charge in [-0.05, 0) is 18.6 Å². The summed E-state index contributed by atoms with van der Waals surface area (Å²) in [5.74, 6) is -1.69. The number of benzene rings is 1. The van der Waals surface area contributed by atoms with Crippen LogP contribution in [-0.4, -0.2) is 10.5 Å². The molecule has 0 spiro atoms. The molecule has 0 atom stereocenters. The van der Waals surface area contributed by atoms with Crippen LogP contribution in [0.2, 0.25) is 0 Å². The minimum atomic E-state index is -0.855. The van der Waals surface area contributed by atoms with E-state index in [1.807, 2.05) is 0 Å². The summed E-state index contributed by atoms with van der Waals surface area (Å²) < 4.78 is 25.9. The molecule has 1 aliphatic rings. The predicted octanol–water partition coefficient (Wildman–Crippen LogP) is 2.88. The van der Waals surface area contributed by atoms with E-state index in [0.29, 0.717) is 24.2 Å². The summed E-state index contributed by atoms with van der Waals surface area (Å²) in [7, 11) is 0. The Morgan fingerprint density at radius 3 is 2.79 bits per heavy atom. The van der Waals surface area contributed by atoms with E-state index in [0.717, 1.165) is 6.07 Å². The molecule has 0 saturated carbocycles. The van der Waals surface area contributed by atoms with E-state index in [4.69, 9.17) is 0 Å². The van der Waals surface area contributed by atoms with Crippen molar-refractivity contribution in [3.8, 4) is 0 Å². The van der Waals surface area contributed by atoms with E-state index in [-0.39, 0.29) is 3.91 Å². The highest BCUT2D eigenvalue weighted by atomic mass is 127. The highest BCUT2D eigenvalue weighted by Gasteiger charge is 2.26. The van der Waals surface area contributed by atoms with Crippen molar-refractivity contribution in [2.45, 2.75) is 6.42 Å². The number of anilines is 1. The maximum atomic E-state index is 13.2. The minimum Gasteiger partial charge on any atom is -0.303 e. The molecule has 2 nitrogen and oxygen atoms in total. The lowest BCUT2D eigenvalue weighted by molar-refractivity contribution is 0.267. The third-order valence-corrected chi connectivity index (χ3v) is 2.84. The average Bonchev–Trinajstić information content (AvgIpc) is 2.55. The first-order chi connectivity index (χ1) is 6.61.